The summed E-state index contributed by atoms with van der Waals surface area (Å²) in [6.45, 7) is 0.810. The molecule has 2 heterocycles. The number of hydrogen-bond donors (Lipinski definition) is 1. The summed E-state index contributed by atoms with van der Waals surface area (Å²) < 4.78 is 41.5. The Labute approximate surface area is 135 Å². The highest BCUT2D eigenvalue weighted by Gasteiger charge is 2.31. The summed E-state index contributed by atoms with van der Waals surface area (Å²) in [6.07, 6.45) is 3.06. The van der Waals surface area contributed by atoms with Gasteiger partial charge in [0.05, 0.1) is 11.7 Å². The van der Waals surface area contributed by atoms with Gasteiger partial charge in [0.25, 0.3) is 5.92 Å². The summed E-state index contributed by atoms with van der Waals surface area (Å²) in [7, 11) is 0. The van der Waals surface area contributed by atoms with E-state index in [1.807, 2.05) is 6.07 Å². The van der Waals surface area contributed by atoms with E-state index in [2.05, 4.69) is 15.2 Å². The third-order valence-electron chi connectivity index (χ3n) is 4.00. The monoisotopic (exact) mass is 327 g/mol. The maximum absolute atomic E-state index is 14.1. The van der Waals surface area contributed by atoms with Crippen LogP contribution in [0.1, 0.15) is 12.6 Å². The number of rotatable bonds is 2. The highest BCUT2D eigenvalue weighted by molar-refractivity contribution is 6.04. The Balaban J connectivity index is 2.13. The molecular formula is C18H12F3N3. The van der Waals surface area contributed by atoms with Gasteiger partial charge in [-0.15, -0.1) is 0 Å². The normalized spacial score (nSPS) is 12.2. The number of fused-ring (bicyclic) bond motifs is 2. The molecule has 0 aliphatic carbocycles. The molecule has 0 amide bonds. The second-order valence-corrected chi connectivity index (χ2v) is 5.77. The Hall–Kier alpha value is -2.89. The number of nitrogens with zero attached hydrogens (tertiary/aromatic N) is 2. The van der Waals surface area contributed by atoms with Crippen LogP contribution in [0.15, 0.2) is 48.8 Å². The van der Waals surface area contributed by atoms with Gasteiger partial charge in [-0.3, -0.25) is 10.1 Å². The zero-order valence-corrected chi connectivity index (χ0v) is 12.6. The van der Waals surface area contributed by atoms with Crippen molar-refractivity contribution < 1.29 is 13.2 Å². The molecule has 0 radical (unpaired) electrons. The van der Waals surface area contributed by atoms with Crippen LogP contribution in [0.2, 0.25) is 0 Å². The number of nitrogens with one attached hydrogen (secondary N) is 1. The Kier molecular flexibility index (Phi) is 3.09. The molecule has 4 aromatic rings. The minimum Gasteiger partial charge on any atom is -0.278 e. The van der Waals surface area contributed by atoms with E-state index < -0.39 is 11.7 Å². The molecule has 0 atom stereocenters. The fourth-order valence-electron chi connectivity index (χ4n) is 2.90. The molecule has 0 aliphatic heterocycles. The van der Waals surface area contributed by atoms with Gasteiger partial charge in [0.15, 0.2) is 0 Å². The average molecular weight is 327 g/mol. The predicted molar refractivity (Wildman–Crippen MR) is 86.4 cm³/mol. The first kappa shape index (κ1) is 14.7. The van der Waals surface area contributed by atoms with Crippen molar-refractivity contribution in [2.75, 3.05) is 0 Å². The summed E-state index contributed by atoms with van der Waals surface area (Å²) in [5.74, 6) is -3.54. The van der Waals surface area contributed by atoms with Crippen molar-refractivity contribution in [1.82, 2.24) is 15.2 Å². The lowest BCUT2D eigenvalue weighted by Crippen LogP contribution is -2.12. The van der Waals surface area contributed by atoms with Gasteiger partial charge in [-0.2, -0.15) is 13.9 Å². The molecule has 0 aliphatic rings. The van der Waals surface area contributed by atoms with Gasteiger partial charge in [0.1, 0.15) is 11.5 Å². The largest absolute Gasteiger partial charge is 0.287 e. The van der Waals surface area contributed by atoms with Crippen LogP contribution in [0.3, 0.4) is 0 Å². The highest BCUT2D eigenvalue weighted by atomic mass is 19.3. The summed E-state index contributed by atoms with van der Waals surface area (Å²) in [6, 6.07) is 9.09. The van der Waals surface area contributed by atoms with Gasteiger partial charge < -0.3 is 0 Å². The van der Waals surface area contributed by atoms with Crippen LogP contribution >= 0.6 is 0 Å². The summed E-state index contributed by atoms with van der Waals surface area (Å²) >= 11 is 0. The second kappa shape index (κ2) is 5.06. The first-order chi connectivity index (χ1) is 11.4. The molecule has 3 nitrogen and oxygen atoms in total. The molecular weight excluding hydrogens is 315 g/mol. The van der Waals surface area contributed by atoms with E-state index in [0.717, 1.165) is 17.8 Å². The topological polar surface area (TPSA) is 41.6 Å². The van der Waals surface area contributed by atoms with Crippen LogP contribution in [0.25, 0.3) is 32.8 Å². The molecule has 0 spiro atoms. The van der Waals surface area contributed by atoms with Gasteiger partial charge in [-0.05, 0) is 35.2 Å². The third-order valence-corrected chi connectivity index (χ3v) is 4.00. The maximum atomic E-state index is 14.1. The number of hydrogen-bond acceptors (Lipinski definition) is 2. The van der Waals surface area contributed by atoms with Crippen LogP contribution < -0.4 is 0 Å². The number of alkyl halides is 2. The summed E-state index contributed by atoms with van der Waals surface area (Å²) in [5.41, 5.74) is 1.27. The van der Waals surface area contributed by atoms with Gasteiger partial charge in [0.2, 0.25) is 0 Å². The molecule has 1 N–H and O–H groups in total. The minimum absolute atomic E-state index is 0.308. The molecule has 2 aromatic heterocycles. The predicted octanol–water partition coefficient (Wildman–Crippen LogP) is 5.03. The average Bonchev–Trinajstić information content (AvgIpc) is 2.99. The number of benzene rings is 2. The van der Waals surface area contributed by atoms with E-state index in [-0.39, 0.29) is 5.69 Å². The molecule has 4 rings (SSSR count). The third kappa shape index (κ3) is 2.31. The molecule has 0 saturated heterocycles. The molecule has 0 saturated carbocycles. The summed E-state index contributed by atoms with van der Waals surface area (Å²) in [5, 5.41) is 8.96. The first-order valence-corrected chi connectivity index (χ1v) is 7.33. The molecule has 0 fully saturated rings. The van der Waals surface area contributed by atoms with E-state index in [0.29, 0.717) is 21.9 Å². The Morgan fingerprint density at radius 2 is 1.75 bits per heavy atom. The fraction of sp³-hybridized carbons (Fsp3) is 0.111. The smallest absolute Gasteiger partial charge is 0.278 e. The van der Waals surface area contributed by atoms with E-state index in [4.69, 9.17) is 0 Å². The van der Waals surface area contributed by atoms with Crippen LogP contribution in [-0.4, -0.2) is 15.2 Å². The standard InChI is InChI=1S/C18H12F3N3/c1-18(20,21)17-16(10-2-4-13(19)5-3-10)14-6-12-9-23-24-15(12)7-11(14)8-22-17/h2-9H,1H3,(H,23,24). The number of H-pyrrole nitrogens is 1. The van der Waals surface area contributed by atoms with Crippen molar-refractivity contribution in [3.63, 3.8) is 0 Å². The van der Waals surface area contributed by atoms with E-state index in [9.17, 15) is 13.2 Å². The zero-order valence-electron chi connectivity index (χ0n) is 12.6. The van der Waals surface area contributed by atoms with E-state index in [1.165, 1.54) is 30.5 Å². The van der Waals surface area contributed by atoms with Crippen LogP contribution in [0.5, 0.6) is 0 Å². The second-order valence-electron chi connectivity index (χ2n) is 5.77. The van der Waals surface area contributed by atoms with Gasteiger partial charge in [-0.25, -0.2) is 4.39 Å². The van der Waals surface area contributed by atoms with E-state index in [1.54, 1.807) is 12.3 Å². The quantitative estimate of drug-likeness (QED) is 0.561. The number of aromatic amines is 1. The van der Waals surface area contributed by atoms with Gasteiger partial charge >= 0.3 is 0 Å². The van der Waals surface area contributed by atoms with E-state index >= 15 is 0 Å². The lowest BCUT2D eigenvalue weighted by molar-refractivity contribution is 0.0136. The Bertz CT molecular complexity index is 1050. The van der Waals surface area contributed by atoms with Crippen molar-refractivity contribution in [1.29, 1.82) is 0 Å². The lowest BCUT2D eigenvalue weighted by Gasteiger charge is -2.17. The van der Waals surface area contributed by atoms with Crippen molar-refractivity contribution in [2.24, 2.45) is 0 Å². The zero-order chi connectivity index (χ0) is 16.9. The number of halogens is 3. The molecule has 2 aromatic carbocycles. The van der Waals surface area contributed by atoms with Crippen molar-refractivity contribution >= 4 is 21.7 Å². The Morgan fingerprint density at radius 3 is 2.46 bits per heavy atom. The van der Waals surface area contributed by atoms with Crippen molar-refractivity contribution in [2.45, 2.75) is 12.8 Å². The van der Waals surface area contributed by atoms with Gasteiger partial charge in [0, 0.05) is 29.5 Å². The van der Waals surface area contributed by atoms with Crippen LogP contribution in [-0.2, 0) is 5.92 Å². The van der Waals surface area contributed by atoms with Crippen molar-refractivity contribution in [3.05, 3.63) is 60.3 Å². The molecule has 120 valence electrons. The van der Waals surface area contributed by atoms with Gasteiger partial charge in [-0.1, -0.05) is 12.1 Å². The maximum Gasteiger partial charge on any atom is 0.287 e. The Morgan fingerprint density at radius 1 is 1.00 bits per heavy atom. The van der Waals surface area contributed by atoms with Crippen LogP contribution in [0.4, 0.5) is 13.2 Å². The molecule has 0 bridgehead atoms. The number of pyridine rings is 1. The fourth-order valence-corrected chi connectivity index (χ4v) is 2.90. The lowest BCUT2D eigenvalue weighted by atomic mass is 9.94. The summed E-state index contributed by atoms with van der Waals surface area (Å²) in [4.78, 5) is 3.99. The minimum atomic E-state index is -3.12. The molecule has 0 unspecified atom stereocenters. The van der Waals surface area contributed by atoms with Crippen molar-refractivity contribution in [3.8, 4) is 11.1 Å². The molecule has 24 heavy (non-hydrogen) atoms. The van der Waals surface area contributed by atoms with Crippen LogP contribution in [0, 0.1) is 5.82 Å². The SMILES string of the molecule is CC(F)(F)c1ncc2cc3[nH]ncc3cc2c1-c1ccc(F)cc1. The molecule has 6 heteroatoms. The number of aromatic nitrogens is 3. The first-order valence-electron chi connectivity index (χ1n) is 7.33. The highest BCUT2D eigenvalue weighted by Crippen LogP contribution is 2.39.